The van der Waals surface area contributed by atoms with Crippen LogP contribution in [-0.4, -0.2) is 12.1 Å². The van der Waals surface area contributed by atoms with Crippen LogP contribution in [0.15, 0.2) is 6.07 Å². The average Bonchev–Trinajstić information content (AvgIpc) is 2.08. The molecular weight excluding hydrogens is 176 g/mol. The van der Waals surface area contributed by atoms with Gasteiger partial charge in [0.2, 0.25) is 5.88 Å². The van der Waals surface area contributed by atoms with E-state index < -0.39 is 6.43 Å². The molecule has 1 heterocycles. The van der Waals surface area contributed by atoms with Crippen molar-refractivity contribution in [3.8, 4) is 5.88 Å². The molecule has 0 aromatic carbocycles. The Morgan fingerprint density at radius 1 is 1.38 bits per heavy atom. The van der Waals surface area contributed by atoms with Gasteiger partial charge in [-0.15, -0.1) is 0 Å². The monoisotopic (exact) mass is 187 g/mol. The first-order valence-corrected chi connectivity index (χ1v) is 3.86. The summed E-state index contributed by atoms with van der Waals surface area (Å²) in [6.07, 6.45) is -2.48. The lowest BCUT2D eigenvalue weighted by atomic mass is 10.1. The lowest BCUT2D eigenvalue weighted by molar-refractivity contribution is 0.149. The third kappa shape index (κ3) is 1.94. The summed E-state index contributed by atoms with van der Waals surface area (Å²) in [5.41, 5.74) is 0.935. The highest BCUT2D eigenvalue weighted by molar-refractivity contribution is 5.36. The number of pyridine rings is 1. The highest BCUT2D eigenvalue weighted by Crippen LogP contribution is 2.28. The van der Waals surface area contributed by atoms with Crippen molar-refractivity contribution in [2.24, 2.45) is 0 Å². The third-order valence-corrected chi connectivity index (χ3v) is 1.82. The van der Waals surface area contributed by atoms with Gasteiger partial charge in [0, 0.05) is 16.8 Å². The van der Waals surface area contributed by atoms with Crippen molar-refractivity contribution >= 4 is 0 Å². The Bertz CT molecular complexity index is 313. The van der Waals surface area contributed by atoms with Gasteiger partial charge in [0.05, 0.1) is 7.11 Å². The summed E-state index contributed by atoms with van der Waals surface area (Å²) in [6.45, 7) is 3.24. The molecule has 0 fully saturated rings. The van der Waals surface area contributed by atoms with Crippen LogP contribution in [0.4, 0.5) is 8.78 Å². The number of rotatable bonds is 2. The van der Waals surface area contributed by atoms with Crippen molar-refractivity contribution in [1.82, 2.24) is 4.98 Å². The Labute approximate surface area is 75.6 Å². The number of hydrogen-bond donors (Lipinski definition) is 0. The summed E-state index contributed by atoms with van der Waals surface area (Å²) in [7, 11) is 1.42. The molecule has 0 aliphatic rings. The highest BCUT2D eigenvalue weighted by atomic mass is 19.3. The number of methoxy groups -OCH3 is 1. The third-order valence-electron chi connectivity index (χ3n) is 1.82. The van der Waals surface area contributed by atoms with Crippen molar-refractivity contribution in [2.45, 2.75) is 20.3 Å². The number of aromatic nitrogens is 1. The van der Waals surface area contributed by atoms with Crippen LogP contribution in [-0.2, 0) is 0 Å². The van der Waals surface area contributed by atoms with Crippen LogP contribution in [0.2, 0.25) is 0 Å². The molecule has 0 atom stereocenters. The van der Waals surface area contributed by atoms with Crippen molar-refractivity contribution in [3.63, 3.8) is 0 Å². The van der Waals surface area contributed by atoms with E-state index in [0.717, 1.165) is 0 Å². The van der Waals surface area contributed by atoms with E-state index in [0.29, 0.717) is 11.3 Å². The van der Waals surface area contributed by atoms with E-state index in [4.69, 9.17) is 4.74 Å². The van der Waals surface area contributed by atoms with Crippen LogP contribution in [0.25, 0.3) is 0 Å². The molecule has 72 valence electrons. The van der Waals surface area contributed by atoms with E-state index >= 15 is 0 Å². The summed E-state index contributed by atoms with van der Waals surface area (Å²) >= 11 is 0. The number of alkyl halides is 2. The minimum absolute atomic E-state index is 0.00986. The van der Waals surface area contributed by atoms with Gasteiger partial charge in [-0.25, -0.2) is 13.8 Å². The maximum absolute atomic E-state index is 12.4. The maximum atomic E-state index is 12.4. The number of nitrogens with zero attached hydrogens (tertiary/aromatic N) is 1. The van der Waals surface area contributed by atoms with Gasteiger partial charge in [0.1, 0.15) is 0 Å². The van der Waals surface area contributed by atoms with E-state index in [1.54, 1.807) is 13.8 Å². The number of halogens is 2. The summed E-state index contributed by atoms with van der Waals surface area (Å²) in [6, 6.07) is 1.38. The molecule has 0 saturated carbocycles. The van der Waals surface area contributed by atoms with Crippen LogP contribution < -0.4 is 4.74 Å². The Morgan fingerprint density at radius 2 is 2.00 bits per heavy atom. The zero-order valence-electron chi connectivity index (χ0n) is 7.77. The molecule has 0 N–H and O–H groups in total. The SMILES string of the molecule is COc1nc(C)cc(C(F)F)c1C. The fraction of sp³-hybridized carbons (Fsp3) is 0.444. The summed E-state index contributed by atoms with van der Waals surface area (Å²) in [5.74, 6) is 0.273. The van der Waals surface area contributed by atoms with Crippen molar-refractivity contribution < 1.29 is 13.5 Å². The number of aryl methyl sites for hydroxylation is 1. The predicted molar refractivity (Wildman–Crippen MR) is 45.2 cm³/mol. The first-order valence-electron chi connectivity index (χ1n) is 3.86. The molecule has 2 nitrogen and oxygen atoms in total. The molecule has 0 saturated heterocycles. The van der Waals surface area contributed by atoms with Gasteiger partial charge in [0.25, 0.3) is 6.43 Å². The van der Waals surface area contributed by atoms with Crippen LogP contribution in [0.3, 0.4) is 0 Å². The van der Waals surface area contributed by atoms with Crippen LogP contribution in [0.5, 0.6) is 5.88 Å². The molecule has 13 heavy (non-hydrogen) atoms. The van der Waals surface area contributed by atoms with Gasteiger partial charge in [-0.1, -0.05) is 0 Å². The topological polar surface area (TPSA) is 22.1 Å². The van der Waals surface area contributed by atoms with E-state index in [-0.39, 0.29) is 11.4 Å². The summed E-state index contributed by atoms with van der Waals surface area (Å²) in [4.78, 5) is 3.98. The molecule has 0 bridgehead atoms. The number of hydrogen-bond acceptors (Lipinski definition) is 2. The second kappa shape index (κ2) is 3.68. The quantitative estimate of drug-likeness (QED) is 0.710. The van der Waals surface area contributed by atoms with Gasteiger partial charge >= 0.3 is 0 Å². The van der Waals surface area contributed by atoms with Crippen molar-refractivity contribution in [1.29, 1.82) is 0 Å². The van der Waals surface area contributed by atoms with Crippen LogP contribution in [0, 0.1) is 13.8 Å². The Kier molecular flexibility index (Phi) is 2.80. The minimum Gasteiger partial charge on any atom is -0.481 e. The molecule has 4 heteroatoms. The maximum Gasteiger partial charge on any atom is 0.264 e. The molecule has 1 aromatic rings. The Morgan fingerprint density at radius 3 is 2.46 bits per heavy atom. The predicted octanol–water partition coefficient (Wildman–Crippen LogP) is 2.64. The largest absolute Gasteiger partial charge is 0.481 e. The first kappa shape index (κ1) is 9.89. The lowest BCUT2D eigenvalue weighted by Crippen LogP contribution is -1.99. The molecular formula is C9H11F2NO. The van der Waals surface area contributed by atoms with Gasteiger partial charge < -0.3 is 4.74 Å². The molecule has 0 aliphatic carbocycles. The van der Waals surface area contributed by atoms with Gasteiger partial charge in [-0.2, -0.15) is 0 Å². The normalized spacial score (nSPS) is 10.6. The van der Waals surface area contributed by atoms with Gasteiger partial charge in [-0.05, 0) is 19.9 Å². The van der Waals surface area contributed by atoms with E-state index in [2.05, 4.69) is 4.98 Å². The molecule has 0 spiro atoms. The molecule has 0 amide bonds. The number of ether oxygens (including phenoxy) is 1. The smallest absolute Gasteiger partial charge is 0.264 e. The highest BCUT2D eigenvalue weighted by Gasteiger charge is 2.15. The molecule has 1 aromatic heterocycles. The molecule has 1 rings (SSSR count). The molecule has 0 aliphatic heterocycles. The summed E-state index contributed by atoms with van der Waals surface area (Å²) < 4.78 is 29.8. The zero-order valence-corrected chi connectivity index (χ0v) is 7.77. The van der Waals surface area contributed by atoms with E-state index in [1.807, 2.05) is 0 Å². The Hall–Kier alpha value is -1.19. The first-order chi connectivity index (χ1) is 6.06. The molecule has 0 radical (unpaired) electrons. The average molecular weight is 187 g/mol. The lowest BCUT2D eigenvalue weighted by Gasteiger charge is -2.09. The van der Waals surface area contributed by atoms with Gasteiger partial charge in [-0.3, -0.25) is 0 Å². The second-order valence-electron chi connectivity index (χ2n) is 2.79. The zero-order chi connectivity index (χ0) is 10.0. The van der Waals surface area contributed by atoms with Crippen LogP contribution >= 0.6 is 0 Å². The van der Waals surface area contributed by atoms with Crippen molar-refractivity contribution in [3.05, 3.63) is 22.9 Å². The van der Waals surface area contributed by atoms with E-state index in [9.17, 15) is 8.78 Å². The van der Waals surface area contributed by atoms with Crippen molar-refractivity contribution in [2.75, 3.05) is 7.11 Å². The Balaban J connectivity index is 3.27. The summed E-state index contributed by atoms with van der Waals surface area (Å²) in [5, 5.41) is 0. The second-order valence-corrected chi connectivity index (χ2v) is 2.79. The van der Waals surface area contributed by atoms with E-state index in [1.165, 1.54) is 13.2 Å². The van der Waals surface area contributed by atoms with Gasteiger partial charge in [0.15, 0.2) is 0 Å². The van der Waals surface area contributed by atoms with Crippen LogP contribution in [0.1, 0.15) is 23.2 Å². The minimum atomic E-state index is -2.48. The fourth-order valence-electron chi connectivity index (χ4n) is 1.16. The fourth-order valence-corrected chi connectivity index (χ4v) is 1.16. The molecule has 0 unspecified atom stereocenters. The standard InChI is InChI=1S/C9H11F2NO/c1-5-4-7(8(10)11)6(2)9(12-5)13-3/h4,8H,1-3H3.